The third kappa shape index (κ3) is 5.18. The summed E-state index contributed by atoms with van der Waals surface area (Å²) in [5.41, 5.74) is 1.74. The summed E-state index contributed by atoms with van der Waals surface area (Å²) < 4.78 is 37.0. The standard InChI is InChI=1S/C32H38ClF2N5O2/c1-19(24-12-23(41)13-26(33)29(24)20-4-5-20)27(35)14-25-28(15-34)37-31(42-18-32-8-2-10-40(32)11-3-9-32)38-30(25)39-16-21-6-7-22(17-39)36-21/h12-15,20-22,36,41H,2-11,16-18H2,1H3/b25-14+,27-19-,28-15-. The number of nitrogens with zero attached hydrogens (tertiary/aromatic N) is 4. The Kier molecular flexibility index (Phi) is 7.39. The lowest BCUT2D eigenvalue weighted by Gasteiger charge is -2.34. The van der Waals surface area contributed by atoms with Crippen LogP contribution in [-0.2, 0) is 0 Å². The molecule has 2 bridgehead atoms. The van der Waals surface area contributed by atoms with Crippen molar-refractivity contribution in [1.29, 1.82) is 0 Å². The maximum Gasteiger partial charge on any atom is 0.319 e. The Balaban J connectivity index is 1.31. The normalized spacial score (nSPS) is 26.6. The first-order valence-corrected chi connectivity index (χ1v) is 15.7. The number of hydrogen-bond acceptors (Lipinski definition) is 7. The van der Waals surface area contributed by atoms with E-state index in [1.165, 1.54) is 12.1 Å². The molecule has 4 aliphatic heterocycles. The van der Waals surface area contributed by atoms with Crippen LogP contribution in [0.4, 0.5) is 14.6 Å². The van der Waals surface area contributed by atoms with Crippen molar-refractivity contribution >= 4 is 35.4 Å². The number of aromatic nitrogens is 2. The average Bonchev–Trinajstić information content (AvgIpc) is 3.47. The van der Waals surface area contributed by atoms with E-state index < -0.39 is 5.83 Å². The van der Waals surface area contributed by atoms with E-state index >= 15 is 4.39 Å². The molecule has 2 atom stereocenters. The van der Waals surface area contributed by atoms with E-state index in [2.05, 4.69) is 20.1 Å². The molecule has 5 heterocycles. The largest absolute Gasteiger partial charge is 0.508 e. The van der Waals surface area contributed by atoms with E-state index in [9.17, 15) is 9.50 Å². The number of allylic oxidation sites excluding steroid dienone is 2. The molecule has 7 nitrogen and oxygen atoms in total. The van der Waals surface area contributed by atoms with E-state index in [0.717, 1.165) is 70.0 Å². The van der Waals surface area contributed by atoms with Gasteiger partial charge in [0.1, 0.15) is 35.7 Å². The van der Waals surface area contributed by atoms with Crippen molar-refractivity contribution in [2.24, 2.45) is 0 Å². The number of aromatic hydroxyl groups is 1. The van der Waals surface area contributed by atoms with E-state index in [1.54, 1.807) is 13.0 Å². The molecule has 0 radical (unpaired) electrons. The predicted octanol–water partition coefficient (Wildman–Crippen LogP) is 4.55. The van der Waals surface area contributed by atoms with Gasteiger partial charge in [0.25, 0.3) is 0 Å². The van der Waals surface area contributed by atoms with Crippen LogP contribution in [0.25, 0.3) is 18.0 Å². The molecule has 42 heavy (non-hydrogen) atoms. The van der Waals surface area contributed by atoms with Crippen LogP contribution in [-0.4, -0.2) is 70.4 Å². The molecule has 2 aromatic rings. The molecule has 0 amide bonds. The third-order valence-electron chi connectivity index (χ3n) is 9.97. The summed E-state index contributed by atoms with van der Waals surface area (Å²) in [6.07, 6.45) is 10.3. The Morgan fingerprint density at radius 3 is 2.52 bits per heavy atom. The van der Waals surface area contributed by atoms with Gasteiger partial charge in [0.15, 0.2) is 0 Å². The molecule has 1 aromatic carbocycles. The molecule has 1 aliphatic carbocycles. The highest BCUT2D eigenvalue weighted by atomic mass is 35.5. The Morgan fingerprint density at radius 2 is 1.86 bits per heavy atom. The fraction of sp³-hybridized carbons (Fsp3) is 0.562. The minimum absolute atomic E-state index is 0.00416. The monoisotopic (exact) mass is 597 g/mol. The topological polar surface area (TPSA) is 73.8 Å². The molecule has 4 saturated heterocycles. The summed E-state index contributed by atoms with van der Waals surface area (Å²) in [6.45, 7) is 5.66. The SMILES string of the molecule is C\C(=C(F)/C=c1/c(N2CC3CCC(C2)N3)nc(OCC23CCCN2CCC3)n/c1=C\F)c1cc(O)cc(Cl)c1C1CC1. The number of benzene rings is 1. The van der Waals surface area contributed by atoms with E-state index in [-0.39, 0.29) is 33.8 Å². The molecule has 2 unspecified atom stereocenters. The zero-order chi connectivity index (χ0) is 29.0. The summed E-state index contributed by atoms with van der Waals surface area (Å²) >= 11 is 6.49. The van der Waals surface area contributed by atoms with Crippen LogP contribution < -0.4 is 25.5 Å². The summed E-state index contributed by atoms with van der Waals surface area (Å²) in [5.74, 6) is 0.152. The van der Waals surface area contributed by atoms with Gasteiger partial charge in [-0.2, -0.15) is 9.97 Å². The number of phenols is 1. The lowest BCUT2D eigenvalue weighted by atomic mass is 9.95. The number of piperazine rings is 1. The van der Waals surface area contributed by atoms with E-state index in [1.807, 2.05) is 0 Å². The summed E-state index contributed by atoms with van der Waals surface area (Å²) in [5, 5.41) is 14.6. The Labute approximate surface area is 249 Å². The molecular weight excluding hydrogens is 560 g/mol. The molecule has 10 heteroatoms. The van der Waals surface area contributed by atoms with Gasteiger partial charge >= 0.3 is 6.01 Å². The van der Waals surface area contributed by atoms with E-state index in [4.69, 9.17) is 21.3 Å². The van der Waals surface area contributed by atoms with Crippen LogP contribution in [0.3, 0.4) is 0 Å². The highest BCUT2D eigenvalue weighted by Crippen LogP contribution is 2.48. The number of phenolic OH excluding ortho intramolecular Hbond substituents is 1. The number of nitrogens with one attached hydrogen (secondary N) is 1. The van der Waals surface area contributed by atoms with Gasteiger partial charge in [-0.15, -0.1) is 0 Å². The van der Waals surface area contributed by atoms with Gasteiger partial charge in [-0.3, -0.25) is 4.90 Å². The second-order valence-electron chi connectivity index (χ2n) is 12.8. The predicted molar refractivity (Wildman–Crippen MR) is 161 cm³/mol. The lowest BCUT2D eigenvalue weighted by Crippen LogP contribution is -2.53. The molecule has 7 rings (SSSR count). The minimum Gasteiger partial charge on any atom is -0.508 e. The maximum atomic E-state index is 16.2. The van der Waals surface area contributed by atoms with Crippen LogP contribution >= 0.6 is 11.6 Å². The van der Waals surface area contributed by atoms with Crippen molar-refractivity contribution in [3.8, 4) is 11.8 Å². The average molecular weight is 598 g/mol. The highest BCUT2D eigenvalue weighted by molar-refractivity contribution is 6.32. The zero-order valence-corrected chi connectivity index (χ0v) is 24.8. The summed E-state index contributed by atoms with van der Waals surface area (Å²) in [6, 6.07) is 3.79. The Morgan fingerprint density at radius 1 is 1.14 bits per heavy atom. The van der Waals surface area contributed by atoms with E-state index in [0.29, 0.717) is 60.1 Å². The second kappa shape index (κ2) is 11.1. The van der Waals surface area contributed by atoms with Crippen LogP contribution in [0.1, 0.15) is 75.3 Å². The van der Waals surface area contributed by atoms with Crippen molar-refractivity contribution in [3.63, 3.8) is 0 Å². The van der Waals surface area contributed by atoms with Gasteiger partial charge in [-0.1, -0.05) is 11.6 Å². The Hall–Kier alpha value is -2.75. The van der Waals surface area contributed by atoms with Crippen molar-refractivity contribution in [1.82, 2.24) is 20.2 Å². The maximum absolute atomic E-state index is 16.2. The number of hydrogen-bond donors (Lipinski definition) is 2. The van der Waals surface area contributed by atoms with Gasteiger partial charge in [0.2, 0.25) is 0 Å². The first-order valence-electron chi connectivity index (χ1n) is 15.3. The molecule has 0 spiro atoms. The van der Waals surface area contributed by atoms with Crippen LogP contribution in [0.2, 0.25) is 5.02 Å². The van der Waals surface area contributed by atoms with Gasteiger partial charge in [0.05, 0.1) is 5.54 Å². The number of anilines is 1. The fourth-order valence-electron chi connectivity index (χ4n) is 7.67. The molecule has 1 saturated carbocycles. The lowest BCUT2D eigenvalue weighted by molar-refractivity contribution is 0.107. The van der Waals surface area contributed by atoms with Crippen molar-refractivity contribution in [3.05, 3.63) is 44.7 Å². The van der Waals surface area contributed by atoms with Crippen molar-refractivity contribution in [2.75, 3.05) is 37.7 Å². The van der Waals surface area contributed by atoms with Gasteiger partial charge in [0, 0.05) is 35.4 Å². The van der Waals surface area contributed by atoms with Crippen molar-refractivity contribution < 1.29 is 18.6 Å². The van der Waals surface area contributed by atoms with Gasteiger partial charge in [-0.25, -0.2) is 8.78 Å². The second-order valence-corrected chi connectivity index (χ2v) is 13.2. The molecular formula is C32H38ClF2N5O2. The first-order chi connectivity index (χ1) is 20.3. The molecule has 5 aliphatic rings. The number of fused-ring (bicyclic) bond motifs is 3. The highest BCUT2D eigenvalue weighted by Gasteiger charge is 2.45. The Bertz CT molecular complexity index is 1520. The summed E-state index contributed by atoms with van der Waals surface area (Å²) in [4.78, 5) is 13.9. The van der Waals surface area contributed by atoms with Crippen LogP contribution in [0, 0.1) is 0 Å². The number of rotatable bonds is 7. The first kappa shape index (κ1) is 28.0. The summed E-state index contributed by atoms with van der Waals surface area (Å²) in [7, 11) is 0. The smallest absolute Gasteiger partial charge is 0.319 e. The third-order valence-corrected chi connectivity index (χ3v) is 10.3. The molecule has 5 fully saturated rings. The molecule has 224 valence electrons. The van der Waals surface area contributed by atoms with Crippen LogP contribution in [0.15, 0.2) is 18.0 Å². The zero-order valence-electron chi connectivity index (χ0n) is 24.0. The molecule has 1 aromatic heterocycles. The number of ether oxygens (including phenoxy) is 1. The quantitative estimate of drug-likeness (QED) is 0.485. The van der Waals surface area contributed by atoms with Gasteiger partial charge < -0.3 is 20.1 Å². The molecule has 2 N–H and O–H groups in total. The van der Waals surface area contributed by atoms with Crippen molar-refractivity contribution in [2.45, 2.75) is 81.8 Å². The van der Waals surface area contributed by atoms with Gasteiger partial charge in [-0.05, 0) is 112 Å². The van der Waals surface area contributed by atoms with Crippen LogP contribution in [0.5, 0.6) is 11.8 Å². The number of halogens is 3. The minimum atomic E-state index is -0.551. The fourth-order valence-corrected chi connectivity index (χ4v) is 8.04.